The monoisotopic (exact) mass is 359 g/mol. The van der Waals surface area contributed by atoms with Crippen LogP contribution in [0.25, 0.3) is 0 Å². The molecule has 0 atom stereocenters. The lowest BCUT2D eigenvalue weighted by Crippen LogP contribution is -2.55. The van der Waals surface area contributed by atoms with Gasteiger partial charge >= 0.3 is 0 Å². The van der Waals surface area contributed by atoms with Crippen molar-refractivity contribution < 1.29 is 9.13 Å². The summed E-state index contributed by atoms with van der Waals surface area (Å²) >= 11 is 6.06. The fourth-order valence-electron chi connectivity index (χ4n) is 3.37. The molecule has 0 aromatic heterocycles. The average Bonchev–Trinajstić information content (AvgIpc) is 2.61. The van der Waals surface area contributed by atoms with E-state index in [2.05, 4.69) is 10.6 Å². The van der Waals surface area contributed by atoms with E-state index in [1.165, 1.54) is 12.1 Å². The Morgan fingerprint density at radius 3 is 2.76 bits per heavy atom. The second kappa shape index (κ2) is 6.65. The maximum Gasteiger partial charge on any atom is 0.127 e. The van der Waals surface area contributed by atoms with E-state index in [0.29, 0.717) is 30.5 Å². The lowest BCUT2D eigenvalue weighted by molar-refractivity contribution is 0.0778. The van der Waals surface area contributed by atoms with Crippen molar-refractivity contribution in [3.63, 3.8) is 0 Å². The molecule has 0 radical (unpaired) electrons. The minimum absolute atomic E-state index is 0.273. The van der Waals surface area contributed by atoms with Crippen LogP contribution in [0.3, 0.4) is 0 Å². The molecule has 2 aliphatic heterocycles. The summed E-state index contributed by atoms with van der Waals surface area (Å²) in [6, 6.07) is 12.4. The summed E-state index contributed by atoms with van der Waals surface area (Å²) in [5.74, 6) is 0.555. The minimum Gasteiger partial charge on any atom is -0.381 e. The number of ether oxygens (including phenoxy) is 1. The summed E-state index contributed by atoms with van der Waals surface area (Å²) in [6.45, 7) is 1.85. The first-order valence-electron chi connectivity index (χ1n) is 8.37. The molecule has 0 saturated carbocycles. The van der Waals surface area contributed by atoms with Gasteiger partial charge in [0.15, 0.2) is 0 Å². The lowest BCUT2D eigenvalue weighted by Gasteiger charge is -2.43. The summed E-state index contributed by atoms with van der Waals surface area (Å²) < 4.78 is 19.1. The molecule has 0 unspecified atom stereocenters. The van der Waals surface area contributed by atoms with Gasteiger partial charge in [0.2, 0.25) is 0 Å². The fraction of sp³-hybridized carbons (Fsp3) is 0.316. The highest BCUT2D eigenvalue weighted by molar-refractivity contribution is 6.30. The number of benzene rings is 2. The molecule has 0 bridgehead atoms. The van der Waals surface area contributed by atoms with Gasteiger partial charge in [-0.1, -0.05) is 23.7 Å². The summed E-state index contributed by atoms with van der Waals surface area (Å²) in [4.78, 5) is 4.81. The molecule has 4 nitrogen and oxygen atoms in total. The first-order chi connectivity index (χ1) is 12.1. The number of rotatable bonds is 2. The van der Waals surface area contributed by atoms with Gasteiger partial charge in [-0.2, -0.15) is 0 Å². The van der Waals surface area contributed by atoms with Crippen molar-refractivity contribution >= 4 is 28.8 Å². The van der Waals surface area contributed by atoms with E-state index in [0.717, 1.165) is 29.9 Å². The van der Waals surface area contributed by atoms with Gasteiger partial charge in [-0.05, 0) is 35.9 Å². The van der Waals surface area contributed by atoms with Gasteiger partial charge in [-0.3, -0.25) is 4.99 Å². The summed E-state index contributed by atoms with van der Waals surface area (Å²) in [7, 11) is 0. The SMILES string of the molecule is Fc1ccc2c(c1)NC(=NCc1cccc(Cl)c1)C1(CCOCC1)N2. The Morgan fingerprint density at radius 1 is 1.12 bits per heavy atom. The number of nitrogens with one attached hydrogen (secondary N) is 2. The number of nitrogens with zero attached hydrogens (tertiary/aromatic N) is 1. The maximum atomic E-state index is 13.6. The zero-order valence-corrected chi connectivity index (χ0v) is 14.4. The number of aliphatic imine (C=N–C) groups is 1. The Bertz CT molecular complexity index is 818. The highest BCUT2D eigenvalue weighted by Crippen LogP contribution is 2.37. The van der Waals surface area contributed by atoms with E-state index >= 15 is 0 Å². The molecule has 0 aliphatic carbocycles. The molecule has 130 valence electrons. The molecule has 2 heterocycles. The molecule has 6 heteroatoms. The molecule has 2 aromatic carbocycles. The van der Waals surface area contributed by atoms with E-state index in [1.807, 2.05) is 24.3 Å². The first kappa shape index (κ1) is 16.4. The third-order valence-electron chi connectivity index (χ3n) is 4.72. The van der Waals surface area contributed by atoms with Gasteiger partial charge in [-0.25, -0.2) is 4.39 Å². The average molecular weight is 360 g/mol. The van der Waals surface area contributed by atoms with Crippen molar-refractivity contribution in [1.29, 1.82) is 0 Å². The fourth-order valence-corrected chi connectivity index (χ4v) is 3.58. The van der Waals surface area contributed by atoms with Gasteiger partial charge in [0.05, 0.1) is 23.5 Å². The molecular formula is C19H19ClFN3O. The minimum atomic E-state index is -0.304. The van der Waals surface area contributed by atoms with Crippen LogP contribution in [0.1, 0.15) is 18.4 Å². The van der Waals surface area contributed by atoms with E-state index in [9.17, 15) is 4.39 Å². The smallest absolute Gasteiger partial charge is 0.127 e. The maximum absolute atomic E-state index is 13.6. The van der Waals surface area contributed by atoms with Crippen molar-refractivity contribution in [1.82, 2.24) is 0 Å². The van der Waals surface area contributed by atoms with Crippen LogP contribution in [-0.2, 0) is 11.3 Å². The van der Waals surface area contributed by atoms with Crippen LogP contribution < -0.4 is 10.6 Å². The van der Waals surface area contributed by atoms with Gasteiger partial charge in [0.25, 0.3) is 0 Å². The number of anilines is 2. The molecule has 2 N–H and O–H groups in total. The second-order valence-corrected chi connectivity index (χ2v) is 6.87. The molecular weight excluding hydrogens is 341 g/mol. The molecule has 25 heavy (non-hydrogen) atoms. The standard InChI is InChI=1S/C19H19ClFN3O/c20-14-3-1-2-13(10-14)12-22-18-19(6-8-25-9-7-19)24-16-5-4-15(21)11-17(16)23-18/h1-5,10-11,24H,6-9,12H2,(H,22,23). The lowest BCUT2D eigenvalue weighted by atomic mass is 9.86. The number of fused-ring (bicyclic) bond motifs is 1. The zero-order valence-electron chi connectivity index (χ0n) is 13.7. The summed E-state index contributed by atoms with van der Waals surface area (Å²) in [5, 5.41) is 7.61. The Labute approximate surface area is 151 Å². The normalized spacial score (nSPS) is 20.0. The third kappa shape index (κ3) is 3.34. The molecule has 1 spiro atoms. The van der Waals surface area contributed by atoms with E-state index in [4.69, 9.17) is 21.3 Å². The van der Waals surface area contributed by atoms with Crippen molar-refractivity contribution in [3.05, 3.63) is 58.9 Å². The van der Waals surface area contributed by atoms with Gasteiger partial charge in [0.1, 0.15) is 11.7 Å². The topological polar surface area (TPSA) is 45.7 Å². The zero-order chi connectivity index (χ0) is 17.3. The van der Waals surface area contributed by atoms with Gasteiger partial charge < -0.3 is 15.4 Å². The third-order valence-corrected chi connectivity index (χ3v) is 4.95. The van der Waals surface area contributed by atoms with Gasteiger partial charge in [-0.15, -0.1) is 0 Å². The van der Waals surface area contributed by atoms with Crippen molar-refractivity contribution in [2.24, 2.45) is 4.99 Å². The highest BCUT2D eigenvalue weighted by Gasteiger charge is 2.41. The predicted molar refractivity (Wildman–Crippen MR) is 99.0 cm³/mol. The van der Waals surface area contributed by atoms with E-state index < -0.39 is 0 Å². The highest BCUT2D eigenvalue weighted by atomic mass is 35.5. The van der Waals surface area contributed by atoms with Crippen LogP contribution in [-0.4, -0.2) is 24.6 Å². The van der Waals surface area contributed by atoms with E-state index in [-0.39, 0.29) is 11.4 Å². The predicted octanol–water partition coefficient (Wildman–Crippen LogP) is 4.46. The first-order valence-corrected chi connectivity index (χ1v) is 8.74. The van der Waals surface area contributed by atoms with Crippen LogP contribution in [0.4, 0.5) is 15.8 Å². The van der Waals surface area contributed by atoms with E-state index in [1.54, 1.807) is 6.07 Å². The molecule has 1 saturated heterocycles. The molecule has 2 aromatic rings. The van der Waals surface area contributed by atoms with Crippen LogP contribution in [0, 0.1) is 5.82 Å². The van der Waals surface area contributed by atoms with Crippen molar-refractivity contribution in [2.45, 2.75) is 24.9 Å². The Kier molecular flexibility index (Phi) is 4.36. The van der Waals surface area contributed by atoms with Gasteiger partial charge in [0, 0.05) is 31.1 Å². The molecule has 4 rings (SSSR count). The summed E-state index contributed by atoms with van der Waals surface area (Å²) in [5.41, 5.74) is 2.34. The quantitative estimate of drug-likeness (QED) is 0.831. The largest absolute Gasteiger partial charge is 0.381 e. The Hall–Kier alpha value is -2.11. The Balaban J connectivity index is 1.68. The number of hydrogen-bond acceptors (Lipinski definition) is 3. The summed E-state index contributed by atoms with van der Waals surface area (Å²) in [6.07, 6.45) is 1.62. The molecule has 0 amide bonds. The van der Waals surface area contributed by atoms with Crippen molar-refractivity contribution in [3.8, 4) is 0 Å². The van der Waals surface area contributed by atoms with Crippen molar-refractivity contribution in [2.75, 3.05) is 23.8 Å². The number of hydrogen-bond donors (Lipinski definition) is 2. The second-order valence-electron chi connectivity index (χ2n) is 6.43. The van der Waals surface area contributed by atoms with Crippen LogP contribution >= 0.6 is 11.6 Å². The molecule has 1 fully saturated rings. The van der Waals surface area contributed by atoms with Crippen LogP contribution in [0.2, 0.25) is 5.02 Å². The van der Waals surface area contributed by atoms with Crippen LogP contribution in [0.15, 0.2) is 47.5 Å². The number of amidine groups is 1. The Morgan fingerprint density at radius 2 is 1.96 bits per heavy atom. The van der Waals surface area contributed by atoms with Crippen LogP contribution in [0.5, 0.6) is 0 Å². The molecule has 2 aliphatic rings. The number of halogens is 2.